The van der Waals surface area contributed by atoms with Crippen LogP contribution in [0.2, 0.25) is 0 Å². The van der Waals surface area contributed by atoms with Gasteiger partial charge in [-0.3, -0.25) is 9.59 Å². The number of ether oxygens (including phenoxy) is 2. The van der Waals surface area contributed by atoms with Gasteiger partial charge in [-0.05, 0) is 49.9 Å². The summed E-state index contributed by atoms with van der Waals surface area (Å²) in [6, 6.07) is 7.39. The van der Waals surface area contributed by atoms with Gasteiger partial charge in [0.15, 0.2) is 11.5 Å². The Labute approximate surface area is 169 Å². The molecule has 0 bridgehead atoms. The minimum absolute atomic E-state index is 0.166. The van der Waals surface area contributed by atoms with Gasteiger partial charge >= 0.3 is 0 Å². The molecule has 0 atom stereocenters. The zero-order chi connectivity index (χ0) is 21.0. The highest BCUT2D eigenvalue weighted by Gasteiger charge is 2.24. The van der Waals surface area contributed by atoms with Gasteiger partial charge in [0.05, 0.1) is 25.5 Å². The summed E-state index contributed by atoms with van der Waals surface area (Å²) in [6.45, 7) is 2.97. The van der Waals surface area contributed by atoms with Crippen LogP contribution in [0.3, 0.4) is 0 Å². The topological polar surface area (TPSA) is 67.9 Å². The molecule has 0 saturated carbocycles. The number of amides is 2. The van der Waals surface area contributed by atoms with Crippen LogP contribution in [0.1, 0.15) is 45.5 Å². The van der Waals surface area contributed by atoms with Crippen molar-refractivity contribution in [2.75, 3.05) is 32.6 Å². The van der Waals surface area contributed by atoms with Gasteiger partial charge in [-0.2, -0.15) is 0 Å². The van der Waals surface area contributed by atoms with Crippen molar-refractivity contribution in [2.45, 2.75) is 26.2 Å². The Balaban J connectivity index is 1.97. The van der Waals surface area contributed by atoms with Crippen molar-refractivity contribution >= 4 is 17.5 Å². The third-order valence-electron chi connectivity index (χ3n) is 5.08. The van der Waals surface area contributed by atoms with E-state index in [4.69, 9.17) is 9.47 Å². The lowest BCUT2D eigenvalue weighted by Gasteiger charge is -2.28. The molecular formula is C22H25FN2O4. The zero-order valence-corrected chi connectivity index (χ0v) is 16.9. The highest BCUT2D eigenvalue weighted by molar-refractivity contribution is 6.09. The van der Waals surface area contributed by atoms with Crippen molar-refractivity contribution in [3.63, 3.8) is 0 Å². The Kier molecular flexibility index (Phi) is 6.36. The first kappa shape index (κ1) is 20.6. The minimum Gasteiger partial charge on any atom is -0.493 e. The van der Waals surface area contributed by atoms with Gasteiger partial charge in [0.1, 0.15) is 5.82 Å². The predicted molar refractivity (Wildman–Crippen MR) is 108 cm³/mol. The molecule has 1 aliphatic rings. The molecule has 1 N–H and O–H groups in total. The van der Waals surface area contributed by atoms with Crippen LogP contribution in [0.4, 0.5) is 10.1 Å². The molecule has 154 valence electrons. The molecule has 29 heavy (non-hydrogen) atoms. The Bertz CT molecular complexity index is 923. The maximum absolute atomic E-state index is 13.9. The maximum Gasteiger partial charge on any atom is 0.256 e. The summed E-state index contributed by atoms with van der Waals surface area (Å²) < 4.78 is 24.5. The number of piperidine rings is 1. The maximum atomic E-state index is 13.9. The van der Waals surface area contributed by atoms with Gasteiger partial charge in [-0.15, -0.1) is 0 Å². The van der Waals surface area contributed by atoms with Crippen molar-refractivity contribution in [3.05, 3.63) is 52.8 Å². The minimum atomic E-state index is -0.510. The molecule has 0 spiro atoms. The van der Waals surface area contributed by atoms with E-state index in [1.54, 1.807) is 36.1 Å². The first-order chi connectivity index (χ1) is 13.9. The summed E-state index contributed by atoms with van der Waals surface area (Å²) in [5, 5.41) is 2.73. The third-order valence-corrected chi connectivity index (χ3v) is 5.08. The Hall–Kier alpha value is -3.09. The molecule has 1 aliphatic heterocycles. The fourth-order valence-corrected chi connectivity index (χ4v) is 3.36. The fraction of sp³-hybridized carbons (Fsp3) is 0.364. The highest BCUT2D eigenvalue weighted by Crippen LogP contribution is 2.34. The third kappa shape index (κ3) is 4.50. The van der Waals surface area contributed by atoms with Crippen molar-refractivity contribution in [1.82, 2.24) is 4.90 Å². The standard InChI is InChI=1S/C22H25FN2O4/c1-14-7-8-15(11-17(14)23)21(26)24-18-13-20(29-3)19(28-2)12-16(18)22(27)25-9-5-4-6-10-25/h7-8,11-13H,4-6,9-10H2,1-3H3,(H,24,26). The summed E-state index contributed by atoms with van der Waals surface area (Å²) in [7, 11) is 2.96. The van der Waals surface area contributed by atoms with Crippen LogP contribution in [-0.4, -0.2) is 44.0 Å². The normalized spacial score (nSPS) is 13.7. The summed E-state index contributed by atoms with van der Waals surface area (Å²) >= 11 is 0. The monoisotopic (exact) mass is 400 g/mol. The summed E-state index contributed by atoms with van der Waals surface area (Å²) in [5.74, 6) is -0.380. The number of nitrogens with one attached hydrogen (secondary N) is 1. The second-order valence-electron chi connectivity index (χ2n) is 7.02. The van der Waals surface area contributed by atoms with Crippen LogP contribution < -0.4 is 14.8 Å². The number of hydrogen-bond donors (Lipinski definition) is 1. The first-order valence-electron chi connectivity index (χ1n) is 9.57. The van der Waals surface area contributed by atoms with Gasteiger partial charge in [-0.1, -0.05) is 6.07 Å². The molecule has 1 fully saturated rings. The Morgan fingerprint density at radius 3 is 2.28 bits per heavy atom. The van der Waals surface area contributed by atoms with Gasteiger partial charge in [0.25, 0.3) is 11.8 Å². The molecule has 0 aromatic heterocycles. The van der Waals surface area contributed by atoms with E-state index in [0.29, 0.717) is 41.4 Å². The number of hydrogen-bond acceptors (Lipinski definition) is 4. The molecule has 1 saturated heterocycles. The van der Waals surface area contributed by atoms with E-state index < -0.39 is 11.7 Å². The van der Waals surface area contributed by atoms with E-state index >= 15 is 0 Å². The molecule has 2 amide bonds. The second-order valence-corrected chi connectivity index (χ2v) is 7.02. The number of halogens is 1. The second kappa shape index (κ2) is 8.94. The molecular weight excluding hydrogens is 375 g/mol. The summed E-state index contributed by atoms with van der Waals surface area (Å²) in [4.78, 5) is 27.6. The van der Waals surface area contributed by atoms with E-state index in [1.165, 1.54) is 20.3 Å². The number of aryl methyl sites for hydroxylation is 1. The van der Waals surface area contributed by atoms with Gasteiger partial charge < -0.3 is 19.7 Å². The predicted octanol–water partition coefficient (Wildman–Crippen LogP) is 4.03. The number of carbonyl (C=O) groups is 2. The van der Waals surface area contributed by atoms with Crippen LogP contribution in [0, 0.1) is 12.7 Å². The molecule has 2 aromatic carbocycles. The van der Waals surface area contributed by atoms with Gasteiger partial charge in [0.2, 0.25) is 0 Å². The lowest BCUT2D eigenvalue weighted by atomic mass is 10.1. The smallest absolute Gasteiger partial charge is 0.256 e. The first-order valence-corrected chi connectivity index (χ1v) is 9.57. The van der Waals surface area contributed by atoms with Crippen LogP contribution in [0.5, 0.6) is 11.5 Å². The van der Waals surface area contributed by atoms with Gasteiger partial charge in [0, 0.05) is 24.7 Å². The summed E-state index contributed by atoms with van der Waals surface area (Å²) in [6.07, 6.45) is 2.99. The van der Waals surface area contributed by atoms with Crippen molar-refractivity contribution in [2.24, 2.45) is 0 Å². The number of benzene rings is 2. The van der Waals surface area contributed by atoms with Crippen molar-refractivity contribution in [1.29, 1.82) is 0 Å². The number of methoxy groups -OCH3 is 2. The molecule has 1 heterocycles. The number of anilines is 1. The number of carbonyl (C=O) groups excluding carboxylic acids is 2. The molecule has 7 heteroatoms. The van der Waals surface area contributed by atoms with E-state index in [0.717, 1.165) is 19.3 Å². The molecule has 6 nitrogen and oxygen atoms in total. The molecule has 3 rings (SSSR count). The van der Waals surface area contributed by atoms with Crippen LogP contribution >= 0.6 is 0 Å². The molecule has 0 aliphatic carbocycles. The SMILES string of the molecule is COc1cc(NC(=O)c2ccc(C)c(F)c2)c(C(=O)N2CCCCC2)cc1OC. The Morgan fingerprint density at radius 1 is 1.00 bits per heavy atom. The van der Waals surface area contributed by atoms with E-state index in [1.807, 2.05) is 0 Å². The number of rotatable bonds is 5. The van der Waals surface area contributed by atoms with E-state index in [2.05, 4.69) is 5.32 Å². The van der Waals surface area contributed by atoms with Crippen molar-refractivity contribution in [3.8, 4) is 11.5 Å². The number of likely N-dealkylation sites (tertiary alicyclic amines) is 1. The average Bonchev–Trinajstić information content (AvgIpc) is 2.75. The van der Waals surface area contributed by atoms with Crippen LogP contribution in [-0.2, 0) is 0 Å². The fourth-order valence-electron chi connectivity index (χ4n) is 3.36. The lowest BCUT2D eigenvalue weighted by molar-refractivity contribution is 0.0725. The van der Waals surface area contributed by atoms with E-state index in [-0.39, 0.29) is 11.5 Å². The number of nitrogens with zero attached hydrogens (tertiary/aromatic N) is 1. The Morgan fingerprint density at radius 2 is 1.66 bits per heavy atom. The molecule has 2 aromatic rings. The zero-order valence-electron chi connectivity index (χ0n) is 16.9. The lowest BCUT2D eigenvalue weighted by Crippen LogP contribution is -2.36. The van der Waals surface area contributed by atoms with Gasteiger partial charge in [-0.25, -0.2) is 4.39 Å². The molecule has 0 unspecified atom stereocenters. The summed E-state index contributed by atoms with van der Waals surface area (Å²) in [5.41, 5.74) is 1.22. The van der Waals surface area contributed by atoms with Crippen LogP contribution in [0.25, 0.3) is 0 Å². The van der Waals surface area contributed by atoms with Crippen LogP contribution in [0.15, 0.2) is 30.3 Å². The molecule has 0 radical (unpaired) electrons. The van der Waals surface area contributed by atoms with E-state index in [9.17, 15) is 14.0 Å². The average molecular weight is 400 g/mol. The van der Waals surface area contributed by atoms with Crippen molar-refractivity contribution < 1.29 is 23.5 Å². The largest absolute Gasteiger partial charge is 0.493 e. The highest BCUT2D eigenvalue weighted by atomic mass is 19.1. The quantitative estimate of drug-likeness (QED) is 0.823.